The van der Waals surface area contributed by atoms with Gasteiger partial charge < -0.3 is 5.32 Å². The van der Waals surface area contributed by atoms with Gasteiger partial charge in [-0.2, -0.15) is 5.10 Å². The first-order valence-corrected chi connectivity index (χ1v) is 5.47. The predicted molar refractivity (Wildman–Crippen MR) is 64.9 cm³/mol. The third kappa shape index (κ3) is 2.50. The average molecular weight is 230 g/mol. The molecule has 0 radical (unpaired) electrons. The molecule has 0 aliphatic heterocycles. The van der Waals surface area contributed by atoms with Crippen LogP contribution in [-0.4, -0.2) is 21.1 Å². The number of amides is 1. The number of carbonyl (C=O) groups excluding carboxylic acids is 1. The predicted octanol–water partition coefficient (Wildman–Crippen LogP) is 1.93. The highest BCUT2D eigenvalue weighted by Crippen LogP contribution is 2.13. The lowest BCUT2D eigenvalue weighted by molar-refractivity contribution is 0.102. The first kappa shape index (κ1) is 11.3. The largest absolute Gasteiger partial charge is 0.307 e. The SMILES string of the molecule is CCc1cn[nH]c1NC(=O)c1ccnc(C)c1. The fraction of sp³-hybridized carbons (Fsp3) is 0.250. The van der Waals surface area contributed by atoms with Gasteiger partial charge >= 0.3 is 0 Å². The Morgan fingerprint density at radius 3 is 3.06 bits per heavy atom. The van der Waals surface area contributed by atoms with E-state index in [4.69, 9.17) is 0 Å². The third-order valence-electron chi connectivity index (χ3n) is 2.50. The van der Waals surface area contributed by atoms with Crippen molar-refractivity contribution in [3.05, 3.63) is 41.3 Å². The summed E-state index contributed by atoms with van der Waals surface area (Å²) in [7, 11) is 0. The molecule has 2 heterocycles. The fourth-order valence-corrected chi connectivity index (χ4v) is 1.56. The molecule has 0 saturated heterocycles. The van der Waals surface area contributed by atoms with Crippen LogP contribution in [0.4, 0.5) is 5.82 Å². The van der Waals surface area contributed by atoms with Crippen molar-refractivity contribution in [3.63, 3.8) is 0 Å². The number of H-pyrrole nitrogens is 1. The van der Waals surface area contributed by atoms with Gasteiger partial charge in [-0.25, -0.2) is 0 Å². The Morgan fingerprint density at radius 2 is 2.35 bits per heavy atom. The molecule has 0 bridgehead atoms. The number of hydrogen-bond acceptors (Lipinski definition) is 3. The van der Waals surface area contributed by atoms with Crippen molar-refractivity contribution in [2.75, 3.05) is 5.32 Å². The summed E-state index contributed by atoms with van der Waals surface area (Å²) in [6, 6.07) is 3.43. The van der Waals surface area contributed by atoms with Gasteiger partial charge in [-0.15, -0.1) is 0 Å². The molecule has 2 N–H and O–H groups in total. The summed E-state index contributed by atoms with van der Waals surface area (Å²) in [5, 5.41) is 9.48. The molecule has 2 rings (SSSR count). The smallest absolute Gasteiger partial charge is 0.256 e. The van der Waals surface area contributed by atoms with E-state index in [9.17, 15) is 4.79 Å². The number of aryl methyl sites for hydroxylation is 2. The quantitative estimate of drug-likeness (QED) is 0.846. The van der Waals surface area contributed by atoms with Crippen LogP contribution in [0.5, 0.6) is 0 Å². The molecule has 5 nitrogen and oxygen atoms in total. The Hall–Kier alpha value is -2.17. The number of anilines is 1. The number of pyridine rings is 1. The van der Waals surface area contributed by atoms with E-state index in [-0.39, 0.29) is 5.91 Å². The highest BCUT2D eigenvalue weighted by molar-refractivity contribution is 6.04. The normalized spacial score (nSPS) is 10.2. The number of aromatic amines is 1. The van der Waals surface area contributed by atoms with Gasteiger partial charge in [-0.3, -0.25) is 14.9 Å². The summed E-state index contributed by atoms with van der Waals surface area (Å²) in [4.78, 5) is 16.0. The van der Waals surface area contributed by atoms with Gasteiger partial charge in [0.15, 0.2) is 0 Å². The summed E-state index contributed by atoms with van der Waals surface area (Å²) >= 11 is 0. The van der Waals surface area contributed by atoms with Gasteiger partial charge in [0.25, 0.3) is 5.91 Å². The zero-order valence-corrected chi connectivity index (χ0v) is 9.82. The van der Waals surface area contributed by atoms with E-state index in [2.05, 4.69) is 20.5 Å². The van der Waals surface area contributed by atoms with Crippen molar-refractivity contribution in [1.82, 2.24) is 15.2 Å². The van der Waals surface area contributed by atoms with Crippen LogP contribution in [-0.2, 0) is 6.42 Å². The minimum absolute atomic E-state index is 0.158. The van der Waals surface area contributed by atoms with Crippen molar-refractivity contribution >= 4 is 11.7 Å². The molecule has 0 atom stereocenters. The van der Waals surface area contributed by atoms with Gasteiger partial charge in [-0.1, -0.05) is 6.92 Å². The Bertz CT molecular complexity index is 533. The van der Waals surface area contributed by atoms with Crippen molar-refractivity contribution in [2.45, 2.75) is 20.3 Å². The van der Waals surface area contributed by atoms with E-state index in [1.807, 2.05) is 13.8 Å². The van der Waals surface area contributed by atoms with E-state index >= 15 is 0 Å². The number of carbonyl (C=O) groups is 1. The Balaban J connectivity index is 2.17. The van der Waals surface area contributed by atoms with Crippen LogP contribution in [0, 0.1) is 6.92 Å². The molecule has 0 aliphatic rings. The summed E-state index contributed by atoms with van der Waals surface area (Å²) < 4.78 is 0. The second-order valence-corrected chi connectivity index (χ2v) is 3.76. The zero-order valence-electron chi connectivity index (χ0n) is 9.82. The maximum atomic E-state index is 11.9. The summed E-state index contributed by atoms with van der Waals surface area (Å²) in [5.74, 6) is 0.501. The Labute approximate surface area is 99.3 Å². The van der Waals surface area contributed by atoms with Crippen molar-refractivity contribution < 1.29 is 4.79 Å². The number of hydrogen-bond donors (Lipinski definition) is 2. The van der Waals surface area contributed by atoms with Crippen LogP contribution in [0.25, 0.3) is 0 Å². The molecule has 88 valence electrons. The maximum absolute atomic E-state index is 11.9. The molecule has 0 unspecified atom stereocenters. The van der Waals surface area contributed by atoms with E-state index in [0.29, 0.717) is 11.4 Å². The molecule has 1 amide bonds. The van der Waals surface area contributed by atoms with E-state index in [0.717, 1.165) is 17.7 Å². The first-order valence-electron chi connectivity index (χ1n) is 5.47. The highest BCUT2D eigenvalue weighted by Gasteiger charge is 2.09. The maximum Gasteiger partial charge on any atom is 0.256 e. The van der Waals surface area contributed by atoms with Crippen LogP contribution in [0.1, 0.15) is 28.5 Å². The summed E-state index contributed by atoms with van der Waals surface area (Å²) in [6.45, 7) is 3.86. The molecule has 17 heavy (non-hydrogen) atoms. The molecule has 0 fully saturated rings. The molecular formula is C12H14N4O. The molecule has 2 aromatic rings. The number of nitrogens with zero attached hydrogens (tertiary/aromatic N) is 2. The molecule has 0 aliphatic carbocycles. The minimum Gasteiger partial charge on any atom is -0.307 e. The number of nitrogens with one attached hydrogen (secondary N) is 2. The first-order chi connectivity index (χ1) is 8.20. The van der Waals surface area contributed by atoms with E-state index in [1.54, 1.807) is 24.5 Å². The van der Waals surface area contributed by atoms with Crippen LogP contribution in [0.15, 0.2) is 24.5 Å². The molecule has 0 saturated carbocycles. The molecule has 0 aromatic carbocycles. The molecule has 5 heteroatoms. The second kappa shape index (κ2) is 4.78. The topological polar surface area (TPSA) is 70.7 Å². The van der Waals surface area contributed by atoms with Gasteiger partial charge in [-0.05, 0) is 25.5 Å². The molecule has 0 spiro atoms. The van der Waals surface area contributed by atoms with E-state index in [1.165, 1.54) is 0 Å². The standard InChI is InChI=1S/C12H14N4O/c1-3-9-7-14-16-11(9)15-12(17)10-4-5-13-8(2)6-10/h4-7H,3H2,1-2H3,(H2,14,15,16,17). The lowest BCUT2D eigenvalue weighted by atomic mass is 10.2. The van der Waals surface area contributed by atoms with Crippen molar-refractivity contribution in [3.8, 4) is 0 Å². The van der Waals surface area contributed by atoms with Gasteiger partial charge in [0.05, 0.1) is 6.20 Å². The van der Waals surface area contributed by atoms with Gasteiger partial charge in [0.1, 0.15) is 5.82 Å². The van der Waals surface area contributed by atoms with Gasteiger partial charge in [0, 0.05) is 23.0 Å². The van der Waals surface area contributed by atoms with Crippen LogP contribution in [0.2, 0.25) is 0 Å². The second-order valence-electron chi connectivity index (χ2n) is 3.76. The molecule has 2 aromatic heterocycles. The molecular weight excluding hydrogens is 216 g/mol. The van der Waals surface area contributed by atoms with Crippen LogP contribution >= 0.6 is 0 Å². The lowest BCUT2D eigenvalue weighted by Gasteiger charge is -2.04. The van der Waals surface area contributed by atoms with E-state index < -0.39 is 0 Å². The van der Waals surface area contributed by atoms with Crippen LogP contribution < -0.4 is 5.32 Å². The number of rotatable bonds is 3. The summed E-state index contributed by atoms with van der Waals surface area (Å²) in [5.41, 5.74) is 2.40. The van der Waals surface area contributed by atoms with Crippen LogP contribution in [0.3, 0.4) is 0 Å². The third-order valence-corrected chi connectivity index (χ3v) is 2.50. The van der Waals surface area contributed by atoms with Crippen molar-refractivity contribution in [1.29, 1.82) is 0 Å². The average Bonchev–Trinajstić information content (AvgIpc) is 2.76. The highest BCUT2D eigenvalue weighted by atomic mass is 16.1. The minimum atomic E-state index is -0.158. The number of aromatic nitrogens is 3. The monoisotopic (exact) mass is 230 g/mol. The Morgan fingerprint density at radius 1 is 1.53 bits per heavy atom. The lowest BCUT2D eigenvalue weighted by Crippen LogP contribution is -2.13. The summed E-state index contributed by atoms with van der Waals surface area (Å²) in [6.07, 6.45) is 4.16. The zero-order chi connectivity index (χ0) is 12.3. The van der Waals surface area contributed by atoms with Gasteiger partial charge in [0.2, 0.25) is 0 Å². The van der Waals surface area contributed by atoms with Crippen molar-refractivity contribution in [2.24, 2.45) is 0 Å². The Kier molecular flexibility index (Phi) is 3.18. The fourth-order valence-electron chi connectivity index (χ4n) is 1.56.